The molecule has 2 amide bonds. The number of hydrazone groups is 1. The lowest BCUT2D eigenvalue weighted by Crippen LogP contribution is -2.43. The number of nitrogens with zero attached hydrogens (tertiary/aromatic N) is 3. The van der Waals surface area contributed by atoms with E-state index in [0.717, 1.165) is 18.4 Å². The average molecular weight is 317 g/mol. The molecule has 6 heteroatoms. The number of amides is 2. The summed E-state index contributed by atoms with van der Waals surface area (Å²) in [4.78, 5) is 26.0. The van der Waals surface area contributed by atoms with Crippen LogP contribution in [0.15, 0.2) is 29.4 Å². The number of halogens is 1. The van der Waals surface area contributed by atoms with Gasteiger partial charge in [0.25, 0.3) is 5.91 Å². The number of carbonyl (C=O) groups excluding carboxylic acids is 2. The minimum absolute atomic E-state index is 0.0640. The first-order valence-corrected chi connectivity index (χ1v) is 7.94. The van der Waals surface area contributed by atoms with Crippen molar-refractivity contribution in [3.8, 4) is 0 Å². The lowest BCUT2D eigenvalue weighted by atomic mass is 10.0. The Labute approximate surface area is 134 Å². The molecule has 1 unspecified atom stereocenters. The van der Waals surface area contributed by atoms with Crippen LogP contribution in [0.1, 0.15) is 31.2 Å². The number of carbonyl (C=O) groups is 2. The number of likely N-dealkylation sites (tertiary alicyclic amines) is 1. The predicted octanol–water partition coefficient (Wildman–Crippen LogP) is 1.97. The van der Waals surface area contributed by atoms with Crippen LogP contribution in [0.3, 0.4) is 0 Å². The van der Waals surface area contributed by atoms with Crippen LogP contribution in [0.2, 0.25) is 0 Å². The molecule has 0 aliphatic carbocycles. The Balaban J connectivity index is 1.71. The van der Waals surface area contributed by atoms with Crippen molar-refractivity contribution in [1.29, 1.82) is 0 Å². The standard InChI is InChI=1S/C17H20FN3O2/c1-20-16(22)9-8-15(19-20)17(23)21-10-2-3-14(21)11-12-4-6-13(18)7-5-12/h4-7,14H,2-3,8-11H2,1H3. The van der Waals surface area contributed by atoms with Crippen LogP contribution < -0.4 is 0 Å². The molecule has 1 fully saturated rings. The Morgan fingerprint density at radius 3 is 2.74 bits per heavy atom. The summed E-state index contributed by atoms with van der Waals surface area (Å²) >= 11 is 0. The van der Waals surface area contributed by atoms with Crippen molar-refractivity contribution >= 4 is 17.5 Å². The molecule has 1 saturated heterocycles. The highest BCUT2D eigenvalue weighted by Gasteiger charge is 2.33. The van der Waals surface area contributed by atoms with E-state index in [2.05, 4.69) is 5.10 Å². The van der Waals surface area contributed by atoms with Crippen molar-refractivity contribution < 1.29 is 14.0 Å². The van der Waals surface area contributed by atoms with Gasteiger partial charge < -0.3 is 4.90 Å². The van der Waals surface area contributed by atoms with Gasteiger partial charge in [0.15, 0.2) is 0 Å². The first-order valence-electron chi connectivity index (χ1n) is 7.94. The molecule has 1 aromatic carbocycles. The summed E-state index contributed by atoms with van der Waals surface area (Å²) in [5, 5.41) is 5.37. The van der Waals surface area contributed by atoms with Gasteiger partial charge in [-0.1, -0.05) is 12.1 Å². The summed E-state index contributed by atoms with van der Waals surface area (Å²) < 4.78 is 13.0. The highest BCUT2D eigenvalue weighted by atomic mass is 19.1. The van der Waals surface area contributed by atoms with Crippen molar-refractivity contribution in [2.75, 3.05) is 13.6 Å². The van der Waals surface area contributed by atoms with Crippen LogP contribution in [-0.2, 0) is 16.0 Å². The second kappa shape index (κ2) is 6.48. The molecule has 0 bridgehead atoms. The van der Waals surface area contributed by atoms with Crippen molar-refractivity contribution in [3.63, 3.8) is 0 Å². The van der Waals surface area contributed by atoms with Crippen molar-refractivity contribution in [2.45, 2.75) is 38.1 Å². The van der Waals surface area contributed by atoms with Gasteiger partial charge in [0, 0.05) is 32.5 Å². The summed E-state index contributed by atoms with van der Waals surface area (Å²) in [7, 11) is 1.58. The van der Waals surface area contributed by atoms with E-state index in [1.54, 1.807) is 19.2 Å². The zero-order chi connectivity index (χ0) is 16.4. The van der Waals surface area contributed by atoms with E-state index >= 15 is 0 Å². The van der Waals surface area contributed by atoms with E-state index in [4.69, 9.17) is 0 Å². The fourth-order valence-corrected chi connectivity index (χ4v) is 3.20. The fraction of sp³-hybridized carbons (Fsp3) is 0.471. The molecule has 2 aliphatic heterocycles. The second-order valence-corrected chi connectivity index (χ2v) is 6.09. The average Bonchev–Trinajstić information content (AvgIpc) is 2.99. The van der Waals surface area contributed by atoms with E-state index in [9.17, 15) is 14.0 Å². The number of benzene rings is 1. The summed E-state index contributed by atoms with van der Waals surface area (Å²) in [6.45, 7) is 0.710. The monoisotopic (exact) mass is 317 g/mol. The van der Waals surface area contributed by atoms with Gasteiger partial charge in [-0.15, -0.1) is 0 Å². The molecule has 1 atom stereocenters. The van der Waals surface area contributed by atoms with Gasteiger partial charge in [0.05, 0.1) is 0 Å². The van der Waals surface area contributed by atoms with E-state index in [0.29, 0.717) is 31.5 Å². The molecule has 23 heavy (non-hydrogen) atoms. The van der Waals surface area contributed by atoms with Gasteiger partial charge in [-0.3, -0.25) is 9.59 Å². The zero-order valence-corrected chi connectivity index (χ0v) is 13.2. The van der Waals surface area contributed by atoms with Gasteiger partial charge in [-0.2, -0.15) is 5.10 Å². The van der Waals surface area contributed by atoms with Crippen LogP contribution in [-0.4, -0.2) is 47.1 Å². The Kier molecular flexibility index (Phi) is 4.41. The Hall–Kier alpha value is -2.24. The van der Waals surface area contributed by atoms with Crippen LogP contribution in [0.4, 0.5) is 4.39 Å². The molecule has 1 aromatic rings. The third kappa shape index (κ3) is 3.41. The van der Waals surface area contributed by atoms with Gasteiger partial charge in [0.1, 0.15) is 11.5 Å². The molecule has 0 N–H and O–H groups in total. The quantitative estimate of drug-likeness (QED) is 0.856. The highest BCUT2D eigenvalue weighted by molar-refractivity contribution is 6.39. The summed E-state index contributed by atoms with van der Waals surface area (Å²) in [6.07, 6.45) is 3.35. The Morgan fingerprint density at radius 1 is 1.30 bits per heavy atom. The molecule has 2 aliphatic rings. The lowest BCUT2D eigenvalue weighted by Gasteiger charge is -2.27. The first-order chi connectivity index (χ1) is 11.0. The predicted molar refractivity (Wildman–Crippen MR) is 84.3 cm³/mol. The Morgan fingerprint density at radius 2 is 2.04 bits per heavy atom. The van der Waals surface area contributed by atoms with Gasteiger partial charge >= 0.3 is 0 Å². The van der Waals surface area contributed by atoms with E-state index in [1.807, 2.05) is 4.90 Å². The normalized spacial score (nSPS) is 21.6. The van der Waals surface area contributed by atoms with Crippen LogP contribution in [0.5, 0.6) is 0 Å². The maximum absolute atomic E-state index is 13.0. The molecular formula is C17H20FN3O2. The highest BCUT2D eigenvalue weighted by Crippen LogP contribution is 2.23. The lowest BCUT2D eigenvalue weighted by molar-refractivity contribution is -0.130. The zero-order valence-electron chi connectivity index (χ0n) is 13.2. The van der Waals surface area contributed by atoms with Crippen LogP contribution in [0, 0.1) is 5.82 Å². The molecule has 122 valence electrons. The molecule has 2 heterocycles. The fourth-order valence-electron chi connectivity index (χ4n) is 3.20. The third-order valence-electron chi connectivity index (χ3n) is 4.48. The second-order valence-electron chi connectivity index (χ2n) is 6.09. The van der Waals surface area contributed by atoms with Crippen molar-refractivity contribution in [2.24, 2.45) is 5.10 Å². The van der Waals surface area contributed by atoms with Crippen LogP contribution in [0.25, 0.3) is 0 Å². The summed E-state index contributed by atoms with van der Waals surface area (Å²) in [5.74, 6) is -0.392. The molecular weight excluding hydrogens is 297 g/mol. The maximum atomic E-state index is 13.0. The summed E-state index contributed by atoms with van der Waals surface area (Å²) in [5.41, 5.74) is 1.48. The third-order valence-corrected chi connectivity index (χ3v) is 4.48. The Bertz CT molecular complexity index is 642. The molecule has 0 spiro atoms. The first kappa shape index (κ1) is 15.6. The SMILES string of the molecule is CN1N=C(C(=O)N2CCCC2Cc2ccc(F)cc2)CCC1=O. The van der Waals surface area contributed by atoms with Crippen molar-refractivity contribution in [1.82, 2.24) is 9.91 Å². The summed E-state index contributed by atoms with van der Waals surface area (Å²) in [6, 6.07) is 6.53. The van der Waals surface area contributed by atoms with E-state index in [-0.39, 0.29) is 23.7 Å². The minimum Gasteiger partial charge on any atom is -0.334 e. The number of hydrogen-bond acceptors (Lipinski definition) is 3. The van der Waals surface area contributed by atoms with Crippen LogP contribution >= 0.6 is 0 Å². The van der Waals surface area contributed by atoms with Gasteiger partial charge in [-0.05, 0) is 37.0 Å². The molecule has 3 rings (SSSR count). The smallest absolute Gasteiger partial charge is 0.270 e. The molecule has 0 saturated carbocycles. The van der Waals surface area contributed by atoms with E-state index in [1.165, 1.54) is 17.1 Å². The van der Waals surface area contributed by atoms with Gasteiger partial charge in [-0.25, -0.2) is 9.40 Å². The topological polar surface area (TPSA) is 53.0 Å². The maximum Gasteiger partial charge on any atom is 0.270 e. The molecule has 0 aromatic heterocycles. The minimum atomic E-state index is -0.252. The van der Waals surface area contributed by atoms with Crippen molar-refractivity contribution in [3.05, 3.63) is 35.6 Å². The largest absolute Gasteiger partial charge is 0.334 e. The number of hydrogen-bond donors (Lipinski definition) is 0. The number of rotatable bonds is 3. The van der Waals surface area contributed by atoms with Gasteiger partial charge in [0.2, 0.25) is 5.91 Å². The molecule has 0 radical (unpaired) electrons. The van der Waals surface area contributed by atoms with E-state index < -0.39 is 0 Å². The molecule has 5 nitrogen and oxygen atoms in total.